The first-order valence-electron chi connectivity index (χ1n) is 7.96. The van der Waals surface area contributed by atoms with Crippen LogP contribution in [0.3, 0.4) is 0 Å². The van der Waals surface area contributed by atoms with E-state index in [2.05, 4.69) is 15.3 Å². The normalized spacial score (nSPS) is 10.7. The van der Waals surface area contributed by atoms with Crippen molar-refractivity contribution in [1.82, 2.24) is 14.9 Å². The average molecular weight is 391 g/mol. The Morgan fingerprint density at radius 1 is 1.19 bits per heavy atom. The van der Waals surface area contributed by atoms with E-state index in [0.29, 0.717) is 27.8 Å². The lowest BCUT2D eigenvalue weighted by Crippen LogP contribution is -2.37. The molecule has 0 fully saturated rings. The number of carbonyl (C=O) groups excluding carboxylic acids is 2. The van der Waals surface area contributed by atoms with E-state index in [0.717, 1.165) is 11.0 Å². The van der Waals surface area contributed by atoms with Crippen LogP contribution in [0.25, 0.3) is 11.0 Å². The molecule has 0 radical (unpaired) electrons. The van der Waals surface area contributed by atoms with Gasteiger partial charge in [-0.15, -0.1) is 0 Å². The van der Waals surface area contributed by atoms with Crippen LogP contribution in [0, 0.1) is 0 Å². The van der Waals surface area contributed by atoms with Crippen molar-refractivity contribution in [3.05, 3.63) is 58.3 Å². The molecule has 0 bridgehead atoms. The summed E-state index contributed by atoms with van der Waals surface area (Å²) in [6.07, 6.45) is 1.57. The van der Waals surface area contributed by atoms with Gasteiger partial charge in [0.05, 0.1) is 33.1 Å². The lowest BCUT2D eigenvalue weighted by atomic mass is 10.1. The molecule has 3 rings (SSSR count). The first kappa shape index (κ1) is 18.2. The number of hydrogen-bond donors (Lipinski definition) is 2. The molecule has 2 amide bonds. The van der Waals surface area contributed by atoms with Crippen molar-refractivity contribution < 1.29 is 9.59 Å². The number of aromatic amines is 1. The average Bonchev–Trinajstić information content (AvgIpc) is 3.10. The van der Waals surface area contributed by atoms with Crippen LogP contribution in [0.15, 0.2) is 42.7 Å². The van der Waals surface area contributed by atoms with Gasteiger partial charge in [-0.3, -0.25) is 9.59 Å². The molecule has 8 heteroatoms. The first-order chi connectivity index (χ1) is 12.5. The van der Waals surface area contributed by atoms with E-state index in [4.69, 9.17) is 23.2 Å². The number of carbonyl (C=O) groups is 2. The van der Waals surface area contributed by atoms with Crippen molar-refractivity contribution in [2.75, 3.05) is 18.4 Å². The van der Waals surface area contributed by atoms with Gasteiger partial charge in [-0.05, 0) is 37.3 Å². The monoisotopic (exact) mass is 390 g/mol. The maximum Gasteiger partial charge on any atom is 0.254 e. The molecule has 0 aliphatic heterocycles. The topological polar surface area (TPSA) is 78.1 Å². The summed E-state index contributed by atoms with van der Waals surface area (Å²) in [5.41, 5.74) is 2.35. The molecule has 0 spiro atoms. The molecule has 26 heavy (non-hydrogen) atoms. The molecule has 6 nitrogen and oxygen atoms in total. The van der Waals surface area contributed by atoms with Crippen LogP contribution in [0.4, 0.5) is 5.69 Å². The molecule has 2 aromatic carbocycles. The fraction of sp³-hybridized carbons (Fsp3) is 0.167. The number of benzene rings is 2. The molecule has 0 aliphatic rings. The molecule has 0 aliphatic carbocycles. The minimum atomic E-state index is -0.377. The summed E-state index contributed by atoms with van der Waals surface area (Å²) in [6, 6.07) is 10.1. The highest BCUT2D eigenvalue weighted by molar-refractivity contribution is 6.39. The molecule has 0 saturated carbocycles. The lowest BCUT2D eigenvalue weighted by Gasteiger charge is -2.21. The fourth-order valence-electron chi connectivity index (χ4n) is 2.55. The van der Waals surface area contributed by atoms with Gasteiger partial charge in [0.2, 0.25) is 5.91 Å². The Morgan fingerprint density at radius 2 is 1.92 bits per heavy atom. The molecule has 0 atom stereocenters. The summed E-state index contributed by atoms with van der Waals surface area (Å²) in [4.78, 5) is 33.6. The summed E-state index contributed by atoms with van der Waals surface area (Å²) in [7, 11) is 0. The van der Waals surface area contributed by atoms with Crippen molar-refractivity contribution in [3.63, 3.8) is 0 Å². The van der Waals surface area contributed by atoms with Crippen LogP contribution in [-0.2, 0) is 4.79 Å². The molecule has 134 valence electrons. The number of anilines is 1. The highest BCUT2D eigenvalue weighted by Gasteiger charge is 2.19. The molecular weight excluding hydrogens is 375 g/mol. The maximum atomic E-state index is 12.7. The largest absolute Gasteiger partial charge is 0.345 e. The Balaban J connectivity index is 1.73. The molecule has 2 N–H and O–H groups in total. The molecule has 1 heterocycles. The molecular formula is C18H16Cl2N4O2. The maximum absolute atomic E-state index is 12.7. The predicted molar refractivity (Wildman–Crippen MR) is 103 cm³/mol. The number of rotatable bonds is 5. The summed E-state index contributed by atoms with van der Waals surface area (Å²) in [6.45, 7) is 2.07. The van der Waals surface area contributed by atoms with Gasteiger partial charge in [-0.25, -0.2) is 4.98 Å². The second kappa shape index (κ2) is 7.76. The van der Waals surface area contributed by atoms with Crippen LogP contribution in [-0.4, -0.2) is 39.8 Å². The number of halogens is 2. The third-order valence-corrected chi connectivity index (χ3v) is 4.53. The first-order valence-corrected chi connectivity index (χ1v) is 8.71. The van der Waals surface area contributed by atoms with Gasteiger partial charge >= 0.3 is 0 Å². The predicted octanol–water partition coefficient (Wildman–Crippen LogP) is 3.97. The minimum Gasteiger partial charge on any atom is -0.345 e. The highest BCUT2D eigenvalue weighted by atomic mass is 35.5. The summed E-state index contributed by atoms with van der Waals surface area (Å²) >= 11 is 12.1. The van der Waals surface area contributed by atoms with E-state index in [1.54, 1.807) is 42.7 Å². The number of aromatic nitrogens is 2. The number of nitrogens with zero attached hydrogens (tertiary/aromatic N) is 2. The van der Waals surface area contributed by atoms with Gasteiger partial charge in [0.15, 0.2) is 0 Å². The van der Waals surface area contributed by atoms with Crippen LogP contribution in [0.5, 0.6) is 0 Å². The van der Waals surface area contributed by atoms with Gasteiger partial charge in [0.25, 0.3) is 5.91 Å². The molecule has 0 unspecified atom stereocenters. The Bertz CT molecular complexity index is 950. The van der Waals surface area contributed by atoms with Gasteiger partial charge in [0, 0.05) is 12.1 Å². The zero-order valence-electron chi connectivity index (χ0n) is 13.9. The number of nitrogens with one attached hydrogen (secondary N) is 2. The van der Waals surface area contributed by atoms with E-state index in [9.17, 15) is 9.59 Å². The lowest BCUT2D eigenvalue weighted by molar-refractivity contribution is -0.116. The Hall–Kier alpha value is -2.57. The standard InChI is InChI=1S/C18H16Cl2N4O2/c1-2-24(9-16(25)23-17-12(19)4-3-5-13(17)20)18(26)11-6-7-14-15(8-11)22-10-21-14/h3-8,10H,2,9H2,1H3,(H,21,22)(H,23,25). The number of hydrogen-bond acceptors (Lipinski definition) is 3. The molecule has 3 aromatic rings. The summed E-state index contributed by atoms with van der Waals surface area (Å²) < 4.78 is 0. The van der Waals surface area contributed by atoms with E-state index in [-0.39, 0.29) is 18.4 Å². The van der Waals surface area contributed by atoms with Crippen LogP contribution in [0.1, 0.15) is 17.3 Å². The number of para-hydroxylation sites is 1. The van der Waals surface area contributed by atoms with Crippen LogP contribution >= 0.6 is 23.2 Å². The summed E-state index contributed by atoms with van der Waals surface area (Å²) in [5.74, 6) is -0.623. The van der Waals surface area contributed by atoms with E-state index < -0.39 is 0 Å². The van der Waals surface area contributed by atoms with Crippen LogP contribution < -0.4 is 5.32 Å². The van der Waals surface area contributed by atoms with Crippen molar-refractivity contribution in [2.45, 2.75) is 6.92 Å². The van der Waals surface area contributed by atoms with Crippen molar-refractivity contribution in [1.29, 1.82) is 0 Å². The van der Waals surface area contributed by atoms with Crippen molar-refractivity contribution in [3.8, 4) is 0 Å². The Labute approximate surface area is 160 Å². The van der Waals surface area contributed by atoms with Crippen molar-refractivity contribution >= 4 is 51.7 Å². The van der Waals surface area contributed by atoms with E-state index in [1.165, 1.54) is 4.90 Å². The van der Waals surface area contributed by atoms with Gasteiger partial charge in [-0.1, -0.05) is 29.3 Å². The quantitative estimate of drug-likeness (QED) is 0.691. The Kier molecular flexibility index (Phi) is 5.44. The smallest absolute Gasteiger partial charge is 0.254 e. The summed E-state index contributed by atoms with van der Waals surface area (Å²) in [5, 5.41) is 3.34. The number of amides is 2. The van der Waals surface area contributed by atoms with Crippen LogP contribution in [0.2, 0.25) is 10.0 Å². The number of H-pyrrole nitrogens is 1. The molecule has 0 saturated heterocycles. The SMILES string of the molecule is CCN(CC(=O)Nc1c(Cl)cccc1Cl)C(=O)c1ccc2nc[nH]c2c1. The van der Waals surface area contributed by atoms with E-state index in [1.807, 2.05) is 6.92 Å². The zero-order chi connectivity index (χ0) is 18.7. The fourth-order valence-corrected chi connectivity index (χ4v) is 3.04. The minimum absolute atomic E-state index is 0.113. The second-order valence-electron chi connectivity index (χ2n) is 5.60. The highest BCUT2D eigenvalue weighted by Crippen LogP contribution is 2.29. The van der Waals surface area contributed by atoms with Crippen molar-refractivity contribution in [2.24, 2.45) is 0 Å². The third kappa shape index (κ3) is 3.81. The van der Waals surface area contributed by atoms with Gasteiger partial charge in [0.1, 0.15) is 6.54 Å². The third-order valence-electron chi connectivity index (χ3n) is 3.90. The molecule has 1 aromatic heterocycles. The van der Waals surface area contributed by atoms with E-state index >= 15 is 0 Å². The van der Waals surface area contributed by atoms with Gasteiger partial charge < -0.3 is 15.2 Å². The number of imidazole rings is 1. The Morgan fingerprint density at radius 3 is 2.62 bits per heavy atom. The number of fused-ring (bicyclic) bond motifs is 1. The zero-order valence-corrected chi connectivity index (χ0v) is 15.4. The second-order valence-corrected chi connectivity index (χ2v) is 6.41. The number of likely N-dealkylation sites (N-methyl/N-ethyl adjacent to an activating group) is 1. The van der Waals surface area contributed by atoms with Gasteiger partial charge in [-0.2, -0.15) is 0 Å².